The number of hydrogen-bond donors (Lipinski definition) is 2. The average Bonchev–Trinajstić information content (AvgIpc) is 2.85. The van der Waals surface area contributed by atoms with Crippen molar-refractivity contribution in [2.24, 2.45) is 0 Å². The van der Waals surface area contributed by atoms with Crippen LogP contribution < -0.4 is 5.32 Å². The number of carboxylic acid groups (broad SMARTS) is 1. The summed E-state index contributed by atoms with van der Waals surface area (Å²) < 4.78 is 0. The monoisotopic (exact) mass is 296 g/mol. The summed E-state index contributed by atoms with van der Waals surface area (Å²) in [4.78, 5) is 26.3. The second-order valence-electron chi connectivity index (χ2n) is 5.12. The van der Waals surface area contributed by atoms with Gasteiger partial charge in [-0.3, -0.25) is 0 Å². The molecule has 0 spiro atoms. The van der Waals surface area contributed by atoms with Gasteiger partial charge in [-0.25, -0.2) is 9.59 Å². The van der Waals surface area contributed by atoms with Crippen LogP contribution >= 0.6 is 11.3 Å². The number of fused-ring (bicyclic) bond motifs is 1. The molecule has 1 aromatic heterocycles. The molecule has 0 aromatic carbocycles. The van der Waals surface area contributed by atoms with Crippen LogP contribution in [0.25, 0.3) is 0 Å². The van der Waals surface area contributed by atoms with E-state index in [0.717, 1.165) is 29.7 Å². The van der Waals surface area contributed by atoms with E-state index in [1.165, 1.54) is 4.90 Å². The maximum Gasteiger partial charge on any atom is 0.331 e. The predicted octanol–water partition coefficient (Wildman–Crippen LogP) is 2.63. The maximum atomic E-state index is 12.3. The molecule has 2 amide bonds. The zero-order valence-electron chi connectivity index (χ0n) is 11.8. The molecule has 0 saturated heterocycles. The van der Waals surface area contributed by atoms with E-state index in [2.05, 4.69) is 12.2 Å². The SMILES string of the molecule is CCCC(C)NC(=O)N1CCc2sccc2C1C(=O)O. The summed E-state index contributed by atoms with van der Waals surface area (Å²) in [6, 6.07) is 0.730. The second-order valence-corrected chi connectivity index (χ2v) is 6.12. The lowest BCUT2D eigenvalue weighted by molar-refractivity contribution is -0.142. The maximum absolute atomic E-state index is 12.3. The highest BCUT2D eigenvalue weighted by atomic mass is 32.1. The number of nitrogens with zero attached hydrogens (tertiary/aromatic N) is 1. The fourth-order valence-corrected chi connectivity index (χ4v) is 3.50. The van der Waals surface area contributed by atoms with E-state index in [1.807, 2.05) is 18.4 Å². The standard InChI is InChI=1S/C14H20N2O3S/c1-3-4-9(2)15-14(19)16-7-5-11-10(6-8-20-11)12(16)13(17)18/h6,8-9,12H,3-5,7H2,1-2H3,(H,15,19)(H,17,18). The van der Waals surface area contributed by atoms with Crippen molar-refractivity contribution in [3.63, 3.8) is 0 Å². The summed E-state index contributed by atoms with van der Waals surface area (Å²) in [6.45, 7) is 4.45. The summed E-state index contributed by atoms with van der Waals surface area (Å²) in [6.07, 6.45) is 2.60. The van der Waals surface area contributed by atoms with E-state index in [1.54, 1.807) is 11.3 Å². The predicted molar refractivity (Wildman–Crippen MR) is 78.0 cm³/mol. The first-order valence-electron chi connectivity index (χ1n) is 6.90. The van der Waals surface area contributed by atoms with Gasteiger partial charge in [-0.1, -0.05) is 13.3 Å². The normalized spacial score (nSPS) is 19.3. The van der Waals surface area contributed by atoms with Crippen molar-refractivity contribution in [2.45, 2.75) is 45.2 Å². The number of nitrogens with one attached hydrogen (secondary N) is 1. The molecule has 0 aliphatic carbocycles. The van der Waals surface area contributed by atoms with Crippen molar-refractivity contribution in [3.8, 4) is 0 Å². The molecule has 2 rings (SSSR count). The van der Waals surface area contributed by atoms with Gasteiger partial charge in [0.05, 0.1) is 0 Å². The quantitative estimate of drug-likeness (QED) is 0.897. The molecule has 5 nitrogen and oxygen atoms in total. The molecule has 0 radical (unpaired) electrons. The number of thiophene rings is 1. The van der Waals surface area contributed by atoms with E-state index < -0.39 is 12.0 Å². The molecule has 1 aliphatic rings. The van der Waals surface area contributed by atoms with Crippen LogP contribution in [0, 0.1) is 0 Å². The largest absolute Gasteiger partial charge is 0.479 e. The first-order valence-corrected chi connectivity index (χ1v) is 7.78. The van der Waals surface area contributed by atoms with Gasteiger partial charge in [0.15, 0.2) is 6.04 Å². The molecule has 2 atom stereocenters. The third-order valence-electron chi connectivity index (χ3n) is 3.55. The summed E-state index contributed by atoms with van der Waals surface area (Å²) in [5.41, 5.74) is 0.757. The Kier molecular flexibility index (Phi) is 4.65. The van der Waals surface area contributed by atoms with Crippen molar-refractivity contribution < 1.29 is 14.7 Å². The number of hydrogen-bond acceptors (Lipinski definition) is 3. The van der Waals surface area contributed by atoms with E-state index in [0.29, 0.717) is 6.54 Å². The minimum Gasteiger partial charge on any atom is -0.479 e. The molecule has 2 unspecified atom stereocenters. The second kappa shape index (κ2) is 6.26. The molecule has 0 fully saturated rings. The van der Waals surface area contributed by atoms with Crippen molar-refractivity contribution in [3.05, 3.63) is 21.9 Å². The van der Waals surface area contributed by atoms with Gasteiger partial charge in [0, 0.05) is 17.5 Å². The number of carboxylic acids is 1. The topological polar surface area (TPSA) is 69.6 Å². The Bertz CT molecular complexity index is 500. The fourth-order valence-electron chi connectivity index (χ4n) is 2.60. The van der Waals surface area contributed by atoms with E-state index >= 15 is 0 Å². The van der Waals surface area contributed by atoms with Gasteiger partial charge in [0.25, 0.3) is 0 Å². The zero-order chi connectivity index (χ0) is 14.7. The molecular weight excluding hydrogens is 276 g/mol. The van der Waals surface area contributed by atoms with Crippen molar-refractivity contribution in [1.82, 2.24) is 10.2 Å². The highest BCUT2D eigenvalue weighted by molar-refractivity contribution is 7.10. The molecule has 110 valence electrons. The van der Waals surface area contributed by atoms with Gasteiger partial charge >= 0.3 is 12.0 Å². The molecule has 20 heavy (non-hydrogen) atoms. The lowest BCUT2D eigenvalue weighted by atomic mass is 10.0. The minimum absolute atomic E-state index is 0.0609. The lowest BCUT2D eigenvalue weighted by Gasteiger charge is -2.34. The fraction of sp³-hybridized carbons (Fsp3) is 0.571. The van der Waals surface area contributed by atoms with Gasteiger partial charge in [-0.2, -0.15) is 0 Å². The highest BCUT2D eigenvalue weighted by Crippen LogP contribution is 2.33. The van der Waals surface area contributed by atoms with Crippen molar-refractivity contribution in [2.75, 3.05) is 6.54 Å². The Balaban J connectivity index is 2.15. The van der Waals surface area contributed by atoms with E-state index in [9.17, 15) is 14.7 Å². The average molecular weight is 296 g/mol. The van der Waals surface area contributed by atoms with Crippen LogP contribution in [0.1, 0.15) is 43.2 Å². The minimum atomic E-state index is -0.970. The van der Waals surface area contributed by atoms with E-state index in [4.69, 9.17) is 0 Å². The number of aliphatic carboxylic acids is 1. The van der Waals surface area contributed by atoms with E-state index in [-0.39, 0.29) is 12.1 Å². The van der Waals surface area contributed by atoms with Crippen molar-refractivity contribution >= 4 is 23.3 Å². The molecule has 1 aromatic rings. The molecule has 6 heteroatoms. The first-order chi connectivity index (χ1) is 9.54. The molecule has 2 heterocycles. The lowest BCUT2D eigenvalue weighted by Crippen LogP contribution is -2.49. The Hall–Kier alpha value is -1.56. The van der Waals surface area contributed by atoms with Crippen LogP contribution in [0.5, 0.6) is 0 Å². The van der Waals surface area contributed by atoms with Gasteiger partial charge < -0.3 is 15.3 Å². The first kappa shape index (κ1) is 14.8. The molecule has 2 N–H and O–H groups in total. The summed E-state index contributed by atoms with van der Waals surface area (Å²) in [5, 5.41) is 14.2. The Morgan fingerprint density at radius 2 is 2.35 bits per heavy atom. The van der Waals surface area contributed by atoms with Crippen molar-refractivity contribution in [1.29, 1.82) is 0 Å². The summed E-state index contributed by atoms with van der Waals surface area (Å²) in [7, 11) is 0. The van der Waals surface area contributed by atoms with Crippen LogP contribution in [0.4, 0.5) is 4.79 Å². The summed E-state index contributed by atoms with van der Waals surface area (Å²) >= 11 is 1.56. The van der Waals surface area contributed by atoms with Gasteiger partial charge in [-0.15, -0.1) is 11.3 Å². The van der Waals surface area contributed by atoms with Gasteiger partial charge in [0.2, 0.25) is 0 Å². The van der Waals surface area contributed by atoms with Crippen LogP contribution in [0.2, 0.25) is 0 Å². The van der Waals surface area contributed by atoms with Crippen LogP contribution in [0.3, 0.4) is 0 Å². The van der Waals surface area contributed by atoms with Gasteiger partial charge in [-0.05, 0) is 36.8 Å². The summed E-state index contributed by atoms with van der Waals surface area (Å²) in [5.74, 6) is -0.970. The Morgan fingerprint density at radius 1 is 1.60 bits per heavy atom. The Morgan fingerprint density at radius 3 is 3.00 bits per heavy atom. The number of amides is 2. The highest BCUT2D eigenvalue weighted by Gasteiger charge is 2.36. The molecular formula is C14H20N2O3S. The molecule has 0 saturated carbocycles. The number of rotatable bonds is 4. The zero-order valence-corrected chi connectivity index (χ0v) is 12.6. The Labute approximate surface area is 122 Å². The number of carbonyl (C=O) groups excluding carboxylic acids is 1. The smallest absolute Gasteiger partial charge is 0.331 e. The third-order valence-corrected chi connectivity index (χ3v) is 4.55. The van der Waals surface area contributed by atoms with Crippen LogP contribution in [-0.2, 0) is 11.2 Å². The van der Waals surface area contributed by atoms with Crippen LogP contribution in [-0.4, -0.2) is 34.6 Å². The van der Waals surface area contributed by atoms with Crippen LogP contribution in [0.15, 0.2) is 11.4 Å². The number of urea groups is 1. The number of carbonyl (C=O) groups is 2. The molecule has 1 aliphatic heterocycles. The molecule has 0 bridgehead atoms. The third kappa shape index (κ3) is 2.95. The van der Waals surface area contributed by atoms with Gasteiger partial charge in [0.1, 0.15) is 0 Å².